The molecule has 0 radical (unpaired) electrons. The third-order valence-corrected chi connectivity index (χ3v) is 5.73. The molecule has 0 spiro atoms. The number of allylic oxidation sites excluding steroid dienone is 5. The Labute approximate surface area is 203 Å². The molecule has 0 atom stereocenters. The largest absolute Gasteiger partial charge is 1.00 e. The van der Waals surface area contributed by atoms with Crippen LogP contribution >= 0.6 is 0 Å². The van der Waals surface area contributed by atoms with Crippen molar-refractivity contribution in [3.63, 3.8) is 0 Å². The van der Waals surface area contributed by atoms with Crippen LogP contribution < -0.4 is 21.9 Å². The molecule has 3 rings (SSSR count). The summed E-state index contributed by atoms with van der Waals surface area (Å²) < 4.78 is 2.46. The van der Waals surface area contributed by atoms with Crippen LogP contribution in [0.3, 0.4) is 0 Å². The molecule has 0 N–H and O–H groups in total. The van der Waals surface area contributed by atoms with Crippen LogP contribution in [0, 0.1) is 0 Å². The summed E-state index contributed by atoms with van der Waals surface area (Å²) in [5.74, 6) is -0.0148. The number of hydrogen-bond donors (Lipinski definition) is 0. The fourth-order valence-corrected chi connectivity index (χ4v) is 4.07. The Morgan fingerprint density at radius 3 is 2.31 bits per heavy atom. The molecule has 1 aliphatic rings. The lowest BCUT2D eigenvalue weighted by Crippen LogP contribution is -3.00. The zero-order valence-electron chi connectivity index (χ0n) is 19.5. The normalized spacial score (nSPS) is 14.9. The van der Waals surface area contributed by atoms with E-state index in [-0.39, 0.29) is 28.3 Å². The average Bonchev–Trinajstić information content (AvgIpc) is 2.98. The summed E-state index contributed by atoms with van der Waals surface area (Å²) in [7, 11) is 0. The van der Waals surface area contributed by atoms with Crippen molar-refractivity contribution in [1.82, 2.24) is 0 Å². The molecule has 0 fully saturated rings. The van der Waals surface area contributed by atoms with Crippen LogP contribution in [0.4, 0.5) is 11.4 Å². The highest BCUT2D eigenvalue weighted by atomic mass is 79.9. The van der Waals surface area contributed by atoms with E-state index in [1.54, 1.807) is 18.0 Å². The first-order valence-corrected chi connectivity index (χ1v) is 11.1. The van der Waals surface area contributed by atoms with Gasteiger partial charge in [-0.25, -0.2) is 0 Å². The molecule has 168 valence electrons. The predicted octanol–water partition coefficient (Wildman–Crippen LogP) is 3.55. The Kier molecular flexibility index (Phi) is 9.40. The number of benzene rings is 2. The maximum absolute atomic E-state index is 12.0. The smallest absolute Gasteiger partial charge is 0.227 e. The van der Waals surface area contributed by atoms with Gasteiger partial charge < -0.3 is 17.0 Å². The molecular weight excluding hydrogens is 460 g/mol. The Bertz CT molecular complexity index is 1030. The van der Waals surface area contributed by atoms with Gasteiger partial charge in [-0.05, 0) is 32.1 Å². The fourth-order valence-electron chi connectivity index (χ4n) is 4.07. The van der Waals surface area contributed by atoms with Crippen LogP contribution in [-0.4, -0.2) is 22.7 Å². The van der Waals surface area contributed by atoms with Crippen molar-refractivity contribution < 1.29 is 26.4 Å². The minimum Gasteiger partial charge on any atom is -1.00 e. The number of fused-ring (bicyclic) bond motifs is 1. The number of amides is 1. The highest BCUT2D eigenvalue weighted by molar-refractivity contribution is 6.03. The predicted molar refractivity (Wildman–Crippen MR) is 131 cm³/mol. The zero-order valence-corrected chi connectivity index (χ0v) is 21.0. The van der Waals surface area contributed by atoms with E-state index in [0.29, 0.717) is 0 Å². The maximum atomic E-state index is 12.0. The van der Waals surface area contributed by atoms with Gasteiger partial charge in [0.2, 0.25) is 11.6 Å². The molecule has 1 amide bonds. The van der Waals surface area contributed by atoms with Gasteiger partial charge in [-0.15, -0.1) is 0 Å². The molecule has 3 nitrogen and oxygen atoms in total. The van der Waals surface area contributed by atoms with Crippen molar-refractivity contribution in [2.75, 3.05) is 11.4 Å². The lowest BCUT2D eigenvalue weighted by atomic mass is 9.81. The van der Waals surface area contributed by atoms with Crippen molar-refractivity contribution in [2.24, 2.45) is 0 Å². The fraction of sp³-hybridized carbons (Fsp3) is 0.286. The van der Waals surface area contributed by atoms with Crippen molar-refractivity contribution >= 4 is 23.0 Å². The summed E-state index contributed by atoms with van der Waals surface area (Å²) in [6, 6.07) is 18.4. The van der Waals surface area contributed by atoms with Gasteiger partial charge in [0, 0.05) is 42.9 Å². The maximum Gasteiger partial charge on any atom is 0.227 e. The number of anilines is 1. The molecule has 0 saturated heterocycles. The van der Waals surface area contributed by atoms with Crippen LogP contribution in [0.15, 0.2) is 91.2 Å². The van der Waals surface area contributed by atoms with E-state index in [0.717, 1.165) is 12.2 Å². The molecule has 0 saturated carbocycles. The summed E-state index contributed by atoms with van der Waals surface area (Å²) in [5, 5.41) is 0. The van der Waals surface area contributed by atoms with Gasteiger partial charge in [0.15, 0.2) is 5.71 Å². The summed E-state index contributed by atoms with van der Waals surface area (Å²) >= 11 is 0. The number of rotatable bonds is 8. The van der Waals surface area contributed by atoms with Crippen molar-refractivity contribution in [2.45, 2.75) is 46.0 Å². The Balaban J connectivity index is 0.00000363. The van der Waals surface area contributed by atoms with Gasteiger partial charge in [-0.3, -0.25) is 9.69 Å². The molecular formula is C28H33BrN2O. The average molecular weight is 493 g/mol. The molecule has 0 unspecified atom stereocenters. The second-order valence-electron chi connectivity index (χ2n) is 8.34. The van der Waals surface area contributed by atoms with Crippen LogP contribution in [0.25, 0.3) is 0 Å². The lowest BCUT2D eigenvalue weighted by Gasteiger charge is -2.15. The summed E-state index contributed by atoms with van der Waals surface area (Å²) in [6.07, 6.45) is 14.3. The van der Waals surface area contributed by atoms with Crippen LogP contribution in [0.1, 0.15) is 46.1 Å². The van der Waals surface area contributed by atoms with Gasteiger partial charge in [-0.2, -0.15) is 4.58 Å². The molecule has 0 bridgehead atoms. The number of carbonyl (C=O) groups excluding carboxylic acids is 1. The molecule has 2 aromatic carbocycles. The minimum absolute atomic E-state index is 0. The van der Waals surface area contributed by atoms with Crippen molar-refractivity contribution in [3.8, 4) is 0 Å². The molecule has 0 aliphatic carbocycles. The third-order valence-electron chi connectivity index (χ3n) is 5.73. The first-order valence-electron chi connectivity index (χ1n) is 11.1. The molecule has 2 aromatic rings. The number of para-hydroxylation sites is 2. The van der Waals surface area contributed by atoms with E-state index in [1.807, 2.05) is 48.6 Å². The second kappa shape index (κ2) is 11.8. The molecule has 1 heterocycles. The van der Waals surface area contributed by atoms with Gasteiger partial charge in [0.1, 0.15) is 6.54 Å². The summed E-state index contributed by atoms with van der Waals surface area (Å²) in [5.41, 5.74) is 4.87. The van der Waals surface area contributed by atoms with E-state index in [2.05, 4.69) is 61.8 Å². The first-order chi connectivity index (χ1) is 15.0. The monoisotopic (exact) mass is 492 g/mol. The van der Waals surface area contributed by atoms with Crippen LogP contribution in [0.2, 0.25) is 0 Å². The van der Waals surface area contributed by atoms with Crippen molar-refractivity contribution in [1.29, 1.82) is 0 Å². The highest BCUT2D eigenvalue weighted by Crippen LogP contribution is 2.39. The molecule has 0 aromatic heterocycles. The number of nitrogens with zero attached hydrogens (tertiary/aromatic N) is 2. The number of hydrogen-bond acceptors (Lipinski definition) is 1. The molecule has 4 heteroatoms. The number of unbranched alkanes of at least 4 members (excludes halogenated alkanes) is 1. The van der Waals surface area contributed by atoms with E-state index in [4.69, 9.17) is 0 Å². The van der Waals surface area contributed by atoms with Crippen molar-refractivity contribution in [3.05, 3.63) is 96.7 Å². The van der Waals surface area contributed by atoms with E-state index >= 15 is 0 Å². The van der Waals surface area contributed by atoms with Gasteiger partial charge in [0.25, 0.3) is 0 Å². The topological polar surface area (TPSA) is 23.3 Å². The molecule has 1 aliphatic heterocycles. The minimum atomic E-state index is -0.0246. The van der Waals surface area contributed by atoms with E-state index in [1.165, 1.54) is 29.8 Å². The SMILES string of the molecule is CCCC[N+]1=C(C=CC=CC=CN(C(C)=O)c2ccccc2)C(C)(C)c2ccccc21.[Br-]. The zero-order chi connectivity index (χ0) is 22.3. The lowest BCUT2D eigenvalue weighted by molar-refractivity contribution is -0.438. The van der Waals surface area contributed by atoms with Gasteiger partial charge >= 0.3 is 0 Å². The Morgan fingerprint density at radius 1 is 0.969 bits per heavy atom. The number of carbonyl (C=O) groups is 1. The second-order valence-corrected chi connectivity index (χ2v) is 8.34. The Morgan fingerprint density at radius 2 is 1.62 bits per heavy atom. The standard InChI is InChI=1S/C28H33N2O.BrH/c1-5-6-21-30-26-19-14-13-18-25(26)28(3,4)27(30)20-12-7-8-15-22-29(23(2)31)24-16-10-9-11-17-24;/h7-20,22H,5-6,21H2,1-4H3;1H/q+1;/p-1. The molecule has 32 heavy (non-hydrogen) atoms. The number of halogens is 1. The van der Waals surface area contributed by atoms with E-state index < -0.39 is 0 Å². The summed E-state index contributed by atoms with van der Waals surface area (Å²) in [4.78, 5) is 13.6. The van der Waals surface area contributed by atoms with Crippen LogP contribution in [0.5, 0.6) is 0 Å². The van der Waals surface area contributed by atoms with Crippen LogP contribution in [-0.2, 0) is 10.2 Å². The van der Waals surface area contributed by atoms with Gasteiger partial charge in [0.05, 0.1) is 5.41 Å². The highest BCUT2D eigenvalue weighted by Gasteiger charge is 2.43. The van der Waals surface area contributed by atoms with E-state index in [9.17, 15) is 4.79 Å². The first kappa shape index (κ1) is 25.5. The van der Waals surface area contributed by atoms with Gasteiger partial charge in [-0.1, -0.05) is 68.0 Å². The third kappa shape index (κ3) is 5.74. The summed E-state index contributed by atoms with van der Waals surface area (Å²) in [6.45, 7) is 9.43. The Hall–Kier alpha value is -2.72. The quantitative estimate of drug-likeness (QED) is 0.408.